The first-order valence-corrected chi connectivity index (χ1v) is 5.78. The number of aryl methyl sites for hydroxylation is 1. The highest BCUT2D eigenvalue weighted by Crippen LogP contribution is 2.33. The number of allylic oxidation sites excluding steroid dienone is 1. The van der Waals surface area contributed by atoms with Crippen molar-refractivity contribution in [3.05, 3.63) is 47.5 Å². The van der Waals surface area contributed by atoms with Crippen molar-refractivity contribution < 1.29 is 4.58 Å². The van der Waals surface area contributed by atoms with E-state index in [-0.39, 0.29) is 0 Å². The largest absolute Gasteiger partial charge is 0.365 e. The average Bonchev–Trinajstić information content (AvgIpc) is 2.28. The third-order valence-electron chi connectivity index (χ3n) is 3.58. The molecule has 0 unspecified atom stereocenters. The Morgan fingerprint density at radius 1 is 1.25 bits per heavy atom. The summed E-state index contributed by atoms with van der Waals surface area (Å²) < 4.78 is 2.20. The van der Waals surface area contributed by atoms with Crippen LogP contribution in [0, 0.1) is 18.9 Å². The Kier molecular flexibility index (Phi) is 2.86. The first-order valence-electron chi connectivity index (χ1n) is 5.78. The summed E-state index contributed by atoms with van der Waals surface area (Å²) in [4.78, 5) is 0. The number of hydrogen-bond donors (Lipinski definition) is 0. The minimum atomic E-state index is 0.496. The second-order valence-corrected chi connectivity index (χ2v) is 4.56. The molecule has 16 heavy (non-hydrogen) atoms. The van der Waals surface area contributed by atoms with E-state index in [0.29, 0.717) is 5.92 Å². The molecule has 1 nitrogen and oxygen atoms in total. The molecule has 0 amide bonds. The van der Waals surface area contributed by atoms with Crippen molar-refractivity contribution in [3.63, 3.8) is 0 Å². The molecular formula is C15H19N. The predicted octanol–water partition coefficient (Wildman–Crippen LogP) is 3.29. The van der Waals surface area contributed by atoms with Crippen molar-refractivity contribution in [3.8, 4) is 0 Å². The van der Waals surface area contributed by atoms with Crippen LogP contribution in [0.5, 0.6) is 0 Å². The van der Waals surface area contributed by atoms with Crippen molar-refractivity contribution in [2.24, 2.45) is 5.92 Å². The van der Waals surface area contributed by atoms with Gasteiger partial charge in [-0.25, -0.2) is 0 Å². The number of rotatable bonds is 1. The van der Waals surface area contributed by atoms with Crippen molar-refractivity contribution >= 4 is 11.8 Å². The fourth-order valence-electron chi connectivity index (χ4n) is 2.20. The van der Waals surface area contributed by atoms with Gasteiger partial charge < -0.3 is 4.58 Å². The molecule has 0 aliphatic carbocycles. The van der Waals surface area contributed by atoms with E-state index < -0.39 is 0 Å². The molecule has 0 spiro atoms. The molecule has 1 heterocycles. The average molecular weight is 213 g/mol. The lowest BCUT2D eigenvalue weighted by Gasteiger charge is -2.30. The van der Waals surface area contributed by atoms with Crippen LogP contribution >= 0.6 is 0 Å². The van der Waals surface area contributed by atoms with Crippen LogP contribution in [0.1, 0.15) is 25.0 Å². The van der Waals surface area contributed by atoms with E-state index >= 15 is 0 Å². The van der Waals surface area contributed by atoms with Crippen LogP contribution < -0.4 is 0 Å². The molecule has 1 aromatic carbocycles. The van der Waals surface area contributed by atoms with Gasteiger partial charge in [-0.15, -0.1) is 0 Å². The molecule has 0 bridgehead atoms. The molecule has 0 saturated carbocycles. The van der Waals surface area contributed by atoms with Gasteiger partial charge in [0.2, 0.25) is 0 Å². The minimum Gasteiger partial charge on any atom is -0.365 e. The fourth-order valence-corrected chi connectivity index (χ4v) is 2.20. The van der Waals surface area contributed by atoms with Gasteiger partial charge in [0, 0.05) is 12.3 Å². The van der Waals surface area contributed by atoms with Gasteiger partial charge in [0.25, 0.3) is 0 Å². The highest BCUT2D eigenvalue weighted by atomic mass is 15.0. The SMILES string of the molecule is Cc1ccccc1C1=CC=[N+](C)[C-](C)[C@@H]1C. The highest BCUT2D eigenvalue weighted by Gasteiger charge is 2.20. The first kappa shape index (κ1) is 11.0. The molecular weight excluding hydrogens is 194 g/mol. The summed E-state index contributed by atoms with van der Waals surface area (Å²) in [5.74, 6) is 0.496. The quantitative estimate of drug-likeness (QED) is 0.497. The van der Waals surface area contributed by atoms with Crippen LogP contribution in [-0.4, -0.2) is 17.8 Å². The highest BCUT2D eigenvalue weighted by molar-refractivity contribution is 5.86. The third-order valence-corrected chi connectivity index (χ3v) is 3.58. The van der Waals surface area contributed by atoms with Crippen LogP contribution in [0.4, 0.5) is 0 Å². The Labute approximate surface area is 98.1 Å². The Balaban J connectivity index is 2.46. The summed E-state index contributed by atoms with van der Waals surface area (Å²) in [5, 5.41) is 0. The topological polar surface area (TPSA) is 3.01 Å². The van der Waals surface area contributed by atoms with Crippen molar-refractivity contribution in [2.75, 3.05) is 7.05 Å². The van der Waals surface area contributed by atoms with Gasteiger partial charge in [-0.1, -0.05) is 49.8 Å². The van der Waals surface area contributed by atoms with Gasteiger partial charge >= 0.3 is 0 Å². The second-order valence-electron chi connectivity index (χ2n) is 4.56. The van der Waals surface area contributed by atoms with Gasteiger partial charge in [0.15, 0.2) is 0 Å². The number of hydrogen-bond acceptors (Lipinski definition) is 0. The molecule has 1 heteroatoms. The molecule has 0 radical (unpaired) electrons. The summed E-state index contributed by atoms with van der Waals surface area (Å²) >= 11 is 0. The zero-order valence-electron chi connectivity index (χ0n) is 10.5. The van der Waals surface area contributed by atoms with E-state index in [1.165, 1.54) is 22.7 Å². The van der Waals surface area contributed by atoms with E-state index in [1.807, 2.05) is 0 Å². The van der Waals surface area contributed by atoms with Crippen LogP contribution in [0.15, 0.2) is 30.3 Å². The summed E-state index contributed by atoms with van der Waals surface area (Å²) in [6, 6.07) is 10.0. The molecule has 1 aliphatic rings. The number of benzene rings is 1. The van der Waals surface area contributed by atoms with Crippen molar-refractivity contribution in [1.82, 2.24) is 0 Å². The monoisotopic (exact) mass is 213 g/mol. The van der Waals surface area contributed by atoms with Gasteiger partial charge in [0.1, 0.15) is 7.05 Å². The molecule has 0 saturated heterocycles. The van der Waals surface area contributed by atoms with Crippen LogP contribution in [0.3, 0.4) is 0 Å². The summed E-state index contributed by atoms with van der Waals surface area (Å²) in [5.41, 5.74) is 4.15. The number of nitrogens with zero attached hydrogens (tertiary/aromatic N) is 1. The van der Waals surface area contributed by atoms with Gasteiger partial charge in [0.05, 0.1) is 0 Å². The van der Waals surface area contributed by atoms with E-state index in [4.69, 9.17) is 0 Å². The maximum Gasteiger partial charge on any atom is 0.105 e. The van der Waals surface area contributed by atoms with E-state index in [2.05, 4.69) is 69.0 Å². The summed E-state index contributed by atoms with van der Waals surface area (Å²) in [7, 11) is 2.11. The van der Waals surface area contributed by atoms with Gasteiger partial charge in [-0.2, -0.15) is 0 Å². The smallest absolute Gasteiger partial charge is 0.105 e. The van der Waals surface area contributed by atoms with Gasteiger partial charge in [-0.3, -0.25) is 0 Å². The predicted molar refractivity (Wildman–Crippen MR) is 69.5 cm³/mol. The van der Waals surface area contributed by atoms with Crippen molar-refractivity contribution in [2.45, 2.75) is 20.8 Å². The van der Waals surface area contributed by atoms with E-state index in [0.717, 1.165) is 0 Å². The summed E-state index contributed by atoms with van der Waals surface area (Å²) in [6.45, 7) is 6.65. The fraction of sp³-hybridized carbons (Fsp3) is 0.333. The van der Waals surface area contributed by atoms with Crippen LogP contribution in [0.2, 0.25) is 0 Å². The zero-order valence-corrected chi connectivity index (χ0v) is 10.5. The Morgan fingerprint density at radius 2 is 1.94 bits per heavy atom. The first-order chi connectivity index (χ1) is 7.61. The lowest BCUT2D eigenvalue weighted by atomic mass is 9.85. The normalized spacial score (nSPS) is 20.5. The second kappa shape index (κ2) is 4.17. The lowest BCUT2D eigenvalue weighted by Crippen LogP contribution is -2.24. The maximum atomic E-state index is 2.27. The molecule has 2 rings (SSSR count). The van der Waals surface area contributed by atoms with Crippen molar-refractivity contribution in [1.29, 1.82) is 0 Å². The van der Waals surface area contributed by atoms with Crippen LogP contribution in [-0.2, 0) is 0 Å². The van der Waals surface area contributed by atoms with E-state index in [9.17, 15) is 0 Å². The molecule has 1 aromatic rings. The molecule has 0 fully saturated rings. The Hall–Kier alpha value is -1.50. The molecule has 1 atom stereocenters. The van der Waals surface area contributed by atoms with E-state index in [1.54, 1.807) is 0 Å². The third kappa shape index (κ3) is 1.78. The summed E-state index contributed by atoms with van der Waals surface area (Å²) in [6.07, 6.45) is 4.39. The maximum absolute atomic E-state index is 2.27. The molecule has 0 N–H and O–H groups in total. The zero-order chi connectivity index (χ0) is 11.7. The molecule has 84 valence electrons. The lowest BCUT2D eigenvalue weighted by molar-refractivity contribution is -0.482. The molecule has 0 aromatic heterocycles. The molecule has 1 aliphatic heterocycles. The Bertz CT molecular complexity index is 454. The minimum absolute atomic E-state index is 0.496. The van der Waals surface area contributed by atoms with Crippen LogP contribution in [0.25, 0.3) is 5.57 Å². The Morgan fingerprint density at radius 3 is 2.62 bits per heavy atom. The standard InChI is InChI=1S/C15H19N/c1-11-7-5-6-8-14(11)15-9-10-16(4)13(3)12(15)2/h5-10,12H,1-4H3/t12-/m0/s1. The van der Waals surface area contributed by atoms with Gasteiger partial charge in [-0.05, 0) is 24.0 Å².